The number of nitrogens with zero attached hydrogens (tertiary/aromatic N) is 2. The summed E-state index contributed by atoms with van der Waals surface area (Å²) in [6.07, 6.45) is -4.55. The van der Waals surface area contributed by atoms with E-state index in [2.05, 4.69) is 15.3 Å². The molecule has 0 amide bonds. The number of halogens is 4. The Morgan fingerprint density at radius 2 is 1.86 bits per heavy atom. The zero-order chi connectivity index (χ0) is 15.5. The molecule has 2 rings (SSSR count). The van der Waals surface area contributed by atoms with Gasteiger partial charge in [-0.3, -0.25) is 0 Å². The lowest BCUT2D eigenvalue weighted by Crippen LogP contribution is -2.14. The van der Waals surface area contributed by atoms with Crippen LogP contribution >= 0.6 is 11.6 Å². The number of benzene rings is 1. The molecule has 0 radical (unpaired) electrons. The summed E-state index contributed by atoms with van der Waals surface area (Å²) in [5, 5.41) is 2.43. The van der Waals surface area contributed by atoms with Crippen molar-refractivity contribution in [2.75, 3.05) is 11.9 Å². The number of hydrogen-bond acceptors (Lipinski definition) is 3. The summed E-state index contributed by atoms with van der Waals surface area (Å²) >= 11 is 5.53. The molecule has 0 fully saturated rings. The van der Waals surface area contributed by atoms with Crippen LogP contribution in [0.4, 0.5) is 19.0 Å². The van der Waals surface area contributed by atoms with Crippen molar-refractivity contribution in [3.63, 3.8) is 0 Å². The summed E-state index contributed by atoms with van der Waals surface area (Å²) in [5.41, 5.74) is 0.0264. The SMILES string of the molecule is CC(CNc1cc(C(F)(F)F)nc(Cl)n1)c1ccccc1. The zero-order valence-corrected chi connectivity index (χ0v) is 11.9. The molecule has 0 bridgehead atoms. The molecule has 0 aliphatic heterocycles. The summed E-state index contributed by atoms with van der Waals surface area (Å²) in [4.78, 5) is 6.94. The Morgan fingerprint density at radius 3 is 2.48 bits per heavy atom. The second kappa shape index (κ2) is 6.30. The van der Waals surface area contributed by atoms with Crippen molar-refractivity contribution < 1.29 is 13.2 Å². The highest BCUT2D eigenvalue weighted by Gasteiger charge is 2.33. The van der Waals surface area contributed by atoms with E-state index in [1.54, 1.807) is 0 Å². The highest BCUT2D eigenvalue weighted by Crippen LogP contribution is 2.29. The maximum atomic E-state index is 12.6. The third kappa shape index (κ3) is 4.32. The van der Waals surface area contributed by atoms with Crippen LogP contribution in [-0.2, 0) is 6.18 Å². The van der Waals surface area contributed by atoms with Crippen molar-refractivity contribution in [3.05, 3.63) is 52.9 Å². The Labute approximate surface area is 125 Å². The lowest BCUT2D eigenvalue weighted by molar-refractivity contribution is -0.141. The highest BCUT2D eigenvalue weighted by atomic mass is 35.5. The van der Waals surface area contributed by atoms with Crippen molar-refractivity contribution in [1.29, 1.82) is 0 Å². The van der Waals surface area contributed by atoms with E-state index in [9.17, 15) is 13.2 Å². The van der Waals surface area contributed by atoms with Gasteiger partial charge in [0.25, 0.3) is 0 Å². The lowest BCUT2D eigenvalue weighted by atomic mass is 10.0. The molecule has 0 aliphatic carbocycles. The fourth-order valence-corrected chi connectivity index (χ4v) is 1.99. The molecule has 3 nitrogen and oxygen atoms in total. The molecule has 2 aromatic rings. The van der Waals surface area contributed by atoms with Gasteiger partial charge < -0.3 is 5.32 Å². The van der Waals surface area contributed by atoms with Gasteiger partial charge in [0.15, 0.2) is 5.69 Å². The molecule has 0 saturated carbocycles. The molecule has 1 aromatic heterocycles. The monoisotopic (exact) mass is 315 g/mol. The first-order chi connectivity index (χ1) is 9.86. The number of alkyl halides is 3. The Bertz CT molecular complexity index is 602. The molecule has 7 heteroatoms. The molecule has 0 saturated heterocycles. The minimum absolute atomic E-state index is 0.0603. The van der Waals surface area contributed by atoms with Crippen molar-refractivity contribution >= 4 is 17.4 Å². The molecule has 0 aliphatic rings. The zero-order valence-electron chi connectivity index (χ0n) is 11.2. The minimum atomic E-state index is -4.55. The van der Waals surface area contributed by atoms with E-state index < -0.39 is 17.2 Å². The standard InChI is InChI=1S/C14H13ClF3N3/c1-9(10-5-3-2-4-6-10)8-19-12-7-11(14(16,17)18)20-13(15)21-12/h2-7,9H,8H2,1H3,(H,19,20,21). The lowest BCUT2D eigenvalue weighted by Gasteiger charge is -2.14. The van der Waals surface area contributed by atoms with E-state index in [4.69, 9.17) is 11.6 Å². The topological polar surface area (TPSA) is 37.8 Å². The van der Waals surface area contributed by atoms with Gasteiger partial charge in [0.05, 0.1) is 0 Å². The van der Waals surface area contributed by atoms with Gasteiger partial charge in [0.2, 0.25) is 5.28 Å². The average molecular weight is 316 g/mol. The first-order valence-electron chi connectivity index (χ1n) is 6.27. The van der Waals surface area contributed by atoms with Gasteiger partial charge in [-0.05, 0) is 23.1 Å². The Balaban J connectivity index is 2.08. The average Bonchev–Trinajstić information content (AvgIpc) is 2.44. The van der Waals surface area contributed by atoms with Crippen LogP contribution in [0.15, 0.2) is 36.4 Å². The van der Waals surface area contributed by atoms with Gasteiger partial charge >= 0.3 is 6.18 Å². The molecule has 0 spiro atoms. The molecule has 112 valence electrons. The van der Waals surface area contributed by atoms with Crippen molar-refractivity contribution in [1.82, 2.24) is 9.97 Å². The Hall–Kier alpha value is -1.82. The van der Waals surface area contributed by atoms with E-state index in [0.717, 1.165) is 11.6 Å². The van der Waals surface area contributed by atoms with Crippen LogP contribution in [0.5, 0.6) is 0 Å². The predicted octanol–water partition coefficient (Wildman–Crippen LogP) is 4.36. The van der Waals surface area contributed by atoms with E-state index in [1.165, 1.54) is 0 Å². The van der Waals surface area contributed by atoms with Crippen LogP contribution in [0.3, 0.4) is 0 Å². The Kier molecular flexibility index (Phi) is 4.67. The van der Waals surface area contributed by atoms with Crippen LogP contribution in [0.25, 0.3) is 0 Å². The third-order valence-corrected chi connectivity index (χ3v) is 3.12. The van der Waals surface area contributed by atoms with Crippen molar-refractivity contribution in [2.24, 2.45) is 0 Å². The molecule has 1 heterocycles. The molecule has 1 atom stereocenters. The van der Waals surface area contributed by atoms with Gasteiger partial charge in [0, 0.05) is 12.6 Å². The van der Waals surface area contributed by atoms with Crippen molar-refractivity contribution in [3.8, 4) is 0 Å². The quantitative estimate of drug-likeness (QED) is 0.852. The number of rotatable bonds is 4. The highest BCUT2D eigenvalue weighted by molar-refractivity contribution is 6.28. The second-order valence-electron chi connectivity index (χ2n) is 4.60. The number of anilines is 1. The second-order valence-corrected chi connectivity index (χ2v) is 4.94. The Morgan fingerprint density at radius 1 is 1.19 bits per heavy atom. The molecular weight excluding hydrogens is 303 g/mol. The largest absolute Gasteiger partial charge is 0.433 e. The summed E-state index contributed by atoms with van der Waals surface area (Å²) < 4.78 is 37.9. The van der Waals surface area contributed by atoms with Gasteiger partial charge in [-0.2, -0.15) is 13.2 Å². The summed E-state index contributed by atoms with van der Waals surface area (Å²) in [5.74, 6) is 0.180. The van der Waals surface area contributed by atoms with Gasteiger partial charge in [-0.1, -0.05) is 37.3 Å². The maximum Gasteiger partial charge on any atom is 0.433 e. The van der Waals surface area contributed by atoms with Crippen LogP contribution in [0, 0.1) is 0 Å². The molecule has 1 N–H and O–H groups in total. The molecular formula is C14H13ClF3N3. The van der Waals surface area contributed by atoms with Gasteiger partial charge in [0.1, 0.15) is 5.82 Å². The third-order valence-electron chi connectivity index (χ3n) is 2.95. The van der Waals surface area contributed by atoms with Crippen LogP contribution < -0.4 is 5.32 Å². The fourth-order valence-electron chi connectivity index (χ4n) is 1.81. The van der Waals surface area contributed by atoms with Crippen LogP contribution in [0.1, 0.15) is 24.1 Å². The number of nitrogens with one attached hydrogen (secondary N) is 1. The predicted molar refractivity (Wildman–Crippen MR) is 75.4 cm³/mol. The van der Waals surface area contributed by atoms with Gasteiger partial charge in [-0.25, -0.2) is 9.97 Å². The molecule has 21 heavy (non-hydrogen) atoms. The van der Waals surface area contributed by atoms with E-state index in [-0.39, 0.29) is 11.7 Å². The summed E-state index contributed by atoms with van der Waals surface area (Å²) in [6.45, 7) is 2.41. The maximum absolute atomic E-state index is 12.6. The fraction of sp³-hybridized carbons (Fsp3) is 0.286. The smallest absolute Gasteiger partial charge is 0.369 e. The minimum Gasteiger partial charge on any atom is -0.369 e. The molecule has 1 aromatic carbocycles. The normalized spacial score (nSPS) is 13.0. The van der Waals surface area contributed by atoms with Crippen LogP contribution in [0.2, 0.25) is 5.28 Å². The summed E-state index contributed by atoms with van der Waals surface area (Å²) in [6, 6.07) is 10.5. The van der Waals surface area contributed by atoms with E-state index >= 15 is 0 Å². The van der Waals surface area contributed by atoms with E-state index in [0.29, 0.717) is 6.54 Å². The number of hydrogen-bond donors (Lipinski definition) is 1. The van der Waals surface area contributed by atoms with Crippen molar-refractivity contribution in [2.45, 2.75) is 19.0 Å². The summed E-state index contributed by atoms with van der Waals surface area (Å²) in [7, 11) is 0. The van der Waals surface area contributed by atoms with Gasteiger partial charge in [-0.15, -0.1) is 0 Å². The first-order valence-corrected chi connectivity index (χ1v) is 6.64. The molecule has 1 unspecified atom stereocenters. The van der Waals surface area contributed by atoms with E-state index in [1.807, 2.05) is 37.3 Å². The van der Waals surface area contributed by atoms with Crippen LogP contribution in [-0.4, -0.2) is 16.5 Å². The number of aromatic nitrogens is 2. The first kappa shape index (κ1) is 15.6.